The molecular formula is C15H14N2O4S. The fourth-order valence-electron chi connectivity index (χ4n) is 2.40. The Labute approximate surface area is 132 Å². The Morgan fingerprint density at radius 2 is 2.14 bits per heavy atom. The third-order valence-corrected chi connectivity index (χ3v) is 3.55. The van der Waals surface area contributed by atoms with Crippen LogP contribution in [0.3, 0.4) is 0 Å². The maximum Gasteiger partial charge on any atom is 0.320 e. The van der Waals surface area contributed by atoms with Gasteiger partial charge in [-0.05, 0) is 44.3 Å². The van der Waals surface area contributed by atoms with Gasteiger partial charge in [0.1, 0.15) is 5.92 Å². The molecule has 0 N–H and O–H groups in total. The standard InChI is InChI=1S/C15H14N2O4S/c1-3-19-14(18)12-8(2)16-15(22)17-13(12)9-4-5-10-11(6-9)21-7-20-10/h4-6,12H,3,7H2,1-2H3. The summed E-state index contributed by atoms with van der Waals surface area (Å²) in [6.07, 6.45) is 0. The van der Waals surface area contributed by atoms with Gasteiger partial charge in [0, 0.05) is 11.3 Å². The first-order valence-corrected chi connectivity index (χ1v) is 7.25. The minimum absolute atomic E-state index is 0.186. The van der Waals surface area contributed by atoms with Crippen LogP contribution in [-0.4, -0.2) is 35.9 Å². The summed E-state index contributed by atoms with van der Waals surface area (Å²) in [5.41, 5.74) is 1.83. The van der Waals surface area contributed by atoms with E-state index in [9.17, 15) is 4.79 Å². The van der Waals surface area contributed by atoms with Gasteiger partial charge in [-0.3, -0.25) is 4.79 Å². The second-order valence-corrected chi connectivity index (χ2v) is 5.15. The summed E-state index contributed by atoms with van der Waals surface area (Å²) in [5, 5.41) is 0.200. The number of nitrogens with zero attached hydrogens (tertiary/aromatic N) is 2. The molecule has 6 nitrogen and oxygen atoms in total. The number of rotatable bonds is 3. The number of ether oxygens (including phenoxy) is 3. The van der Waals surface area contributed by atoms with Gasteiger partial charge >= 0.3 is 5.97 Å². The van der Waals surface area contributed by atoms with Crippen LogP contribution in [0.15, 0.2) is 28.2 Å². The quantitative estimate of drug-likeness (QED) is 0.631. The van der Waals surface area contributed by atoms with E-state index in [4.69, 9.17) is 26.4 Å². The fraction of sp³-hybridized carbons (Fsp3) is 0.333. The predicted octanol–water partition coefficient (Wildman–Crippen LogP) is 2.14. The van der Waals surface area contributed by atoms with Crippen molar-refractivity contribution in [2.24, 2.45) is 15.9 Å². The van der Waals surface area contributed by atoms with Crippen molar-refractivity contribution in [3.8, 4) is 11.5 Å². The first-order valence-electron chi connectivity index (χ1n) is 6.84. The van der Waals surface area contributed by atoms with Crippen LogP contribution in [0, 0.1) is 5.92 Å². The summed E-state index contributed by atoms with van der Waals surface area (Å²) in [6.45, 7) is 3.98. The maximum absolute atomic E-state index is 12.2. The summed E-state index contributed by atoms with van der Waals surface area (Å²) < 4.78 is 15.8. The van der Waals surface area contributed by atoms with Crippen molar-refractivity contribution in [2.45, 2.75) is 13.8 Å². The number of esters is 1. The van der Waals surface area contributed by atoms with Gasteiger partial charge in [0.15, 0.2) is 11.5 Å². The molecule has 114 valence electrons. The normalized spacial score (nSPS) is 19.5. The van der Waals surface area contributed by atoms with Gasteiger partial charge in [-0.25, -0.2) is 9.98 Å². The highest BCUT2D eigenvalue weighted by Crippen LogP contribution is 2.34. The summed E-state index contributed by atoms with van der Waals surface area (Å²) in [7, 11) is 0. The van der Waals surface area contributed by atoms with E-state index in [0.29, 0.717) is 29.5 Å². The molecular weight excluding hydrogens is 304 g/mol. The molecule has 1 unspecified atom stereocenters. The predicted molar refractivity (Wildman–Crippen MR) is 84.9 cm³/mol. The Bertz CT molecular complexity index is 711. The van der Waals surface area contributed by atoms with Crippen LogP contribution in [0.5, 0.6) is 11.5 Å². The van der Waals surface area contributed by atoms with Crippen LogP contribution in [0.2, 0.25) is 0 Å². The number of hydrogen-bond acceptors (Lipinski definition) is 5. The van der Waals surface area contributed by atoms with Gasteiger partial charge in [0.2, 0.25) is 11.9 Å². The van der Waals surface area contributed by atoms with E-state index in [1.807, 2.05) is 6.07 Å². The number of benzene rings is 1. The van der Waals surface area contributed by atoms with E-state index in [1.165, 1.54) is 0 Å². The first-order chi connectivity index (χ1) is 10.6. The SMILES string of the molecule is CCOC(=O)C1C(C)=NC(=S)N=C1c1ccc2c(c1)OCO2. The number of aliphatic imine (C=N–C) groups is 2. The molecule has 3 rings (SSSR count). The highest BCUT2D eigenvalue weighted by atomic mass is 32.1. The molecule has 1 aromatic carbocycles. The second kappa shape index (κ2) is 5.84. The Hall–Kier alpha value is -2.28. The minimum atomic E-state index is -0.660. The van der Waals surface area contributed by atoms with Crippen molar-refractivity contribution >= 4 is 34.7 Å². The van der Waals surface area contributed by atoms with Crippen LogP contribution in [0.25, 0.3) is 0 Å². The van der Waals surface area contributed by atoms with E-state index in [-0.39, 0.29) is 17.9 Å². The zero-order valence-corrected chi connectivity index (χ0v) is 13.0. The minimum Gasteiger partial charge on any atom is -0.465 e. The Kier molecular flexibility index (Phi) is 3.89. The number of fused-ring (bicyclic) bond motifs is 1. The van der Waals surface area contributed by atoms with Crippen molar-refractivity contribution in [3.05, 3.63) is 23.8 Å². The largest absolute Gasteiger partial charge is 0.465 e. The van der Waals surface area contributed by atoms with Crippen molar-refractivity contribution in [2.75, 3.05) is 13.4 Å². The number of hydrogen-bond donors (Lipinski definition) is 0. The molecule has 1 aromatic rings. The third-order valence-electron chi connectivity index (χ3n) is 3.37. The van der Waals surface area contributed by atoms with Gasteiger partial charge in [-0.2, -0.15) is 0 Å². The summed E-state index contributed by atoms with van der Waals surface area (Å²) in [6, 6.07) is 5.39. The van der Waals surface area contributed by atoms with Gasteiger partial charge in [0.25, 0.3) is 0 Å². The van der Waals surface area contributed by atoms with Gasteiger partial charge in [0.05, 0.1) is 12.3 Å². The maximum atomic E-state index is 12.2. The molecule has 0 fully saturated rings. The van der Waals surface area contributed by atoms with E-state index < -0.39 is 5.92 Å². The number of carbonyl (C=O) groups is 1. The average molecular weight is 318 g/mol. The second-order valence-electron chi connectivity index (χ2n) is 4.79. The lowest BCUT2D eigenvalue weighted by molar-refractivity contribution is -0.143. The molecule has 0 saturated heterocycles. The number of carbonyl (C=O) groups excluding carboxylic acids is 1. The molecule has 22 heavy (non-hydrogen) atoms. The third kappa shape index (κ3) is 2.59. The number of thiocarbonyl (C=S) groups is 1. The molecule has 1 atom stereocenters. The fourth-order valence-corrected chi connectivity index (χ4v) is 2.64. The molecule has 0 spiro atoms. The highest BCUT2D eigenvalue weighted by Gasteiger charge is 2.33. The van der Waals surface area contributed by atoms with Gasteiger partial charge in [-0.15, -0.1) is 0 Å². The Morgan fingerprint density at radius 1 is 1.36 bits per heavy atom. The van der Waals surface area contributed by atoms with E-state index >= 15 is 0 Å². The van der Waals surface area contributed by atoms with Crippen molar-refractivity contribution in [1.82, 2.24) is 0 Å². The molecule has 0 amide bonds. The van der Waals surface area contributed by atoms with Gasteiger partial charge < -0.3 is 14.2 Å². The van der Waals surface area contributed by atoms with Crippen LogP contribution >= 0.6 is 12.2 Å². The molecule has 0 radical (unpaired) electrons. The van der Waals surface area contributed by atoms with Crippen LogP contribution in [-0.2, 0) is 9.53 Å². The van der Waals surface area contributed by atoms with Gasteiger partial charge in [-0.1, -0.05) is 0 Å². The van der Waals surface area contributed by atoms with Crippen molar-refractivity contribution in [1.29, 1.82) is 0 Å². The summed E-state index contributed by atoms with van der Waals surface area (Å²) in [4.78, 5) is 20.6. The summed E-state index contributed by atoms with van der Waals surface area (Å²) in [5.74, 6) is 0.240. The van der Waals surface area contributed by atoms with E-state index in [0.717, 1.165) is 5.56 Å². The Morgan fingerprint density at radius 3 is 2.91 bits per heavy atom. The molecule has 7 heteroatoms. The molecule has 0 aliphatic carbocycles. The molecule has 0 aromatic heterocycles. The molecule has 2 aliphatic heterocycles. The Balaban J connectivity index is 2.02. The van der Waals surface area contributed by atoms with Crippen LogP contribution < -0.4 is 9.47 Å². The molecule has 2 heterocycles. The smallest absolute Gasteiger partial charge is 0.320 e. The zero-order valence-electron chi connectivity index (χ0n) is 12.2. The van der Waals surface area contributed by atoms with Crippen LogP contribution in [0.1, 0.15) is 19.4 Å². The highest BCUT2D eigenvalue weighted by molar-refractivity contribution is 7.80. The molecule has 0 bridgehead atoms. The summed E-state index contributed by atoms with van der Waals surface area (Å²) >= 11 is 5.08. The van der Waals surface area contributed by atoms with Crippen molar-refractivity contribution < 1.29 is 19.0 Å². The molecule has 0 saturated carbocycles. The van der Waals surface area contributed by atoms with Crippen molar-refractivity contribution in [3.63, 3.8) is 0 Å². The first kappa shape index (κ1) is 14.6. The molecule has 2 aliphatic rings. The lowest BCUT2D eigenvalue weighted by atomic mass is 9.91. The van der Waals surface area contributed by atoms with Crippen LogP contribution in [0.4, 0.5) is 0 Å². The monoisotopic (exact) mass is 318 g/mol. The van der Waals surface area contributed by atoms with E-state index in [1.54, 1.807) is 26.0 Å². The topological polar surface area (TPSA) is 69.5 Å². The van der Waals surface area contributed by atoms with E-state index in [2.05, 4.69) is 9.98 Å². The average Bonchev–Trinajstić information content (AvgIpc) is 2.93. The lowest BCUT2D eigenvalue weighted by Crippen LogP contribution is -2.36. The lowest BCUT2D eigenvalue weighted by Gasteiger charge is -2.21. The zero-order chi connectivity index (χ0) is 15.7.